The first kappa shape index (κ1) is 41.6. The highest BCUT2D eigenvalue weighted by Crippen LogP contribution is 2.68. The second kappa shape index (κ2) is 14.8. The van der Waals surface area contributed by atoms with Crippen LogP contribution >= 0.6 is 0 Å². The first-order valence-electron chi connectivity index (χ1n) is 18.5. The summed E-state index contributed by atoms with van der Waals surface area (Å²) in [5.74, 6) is -12.7. The Hall–Kier alpha value is -6.13. The number of hydrogen-bond acceptors (Lipinski definition) is 9. The monoisotopic (exact) mass is 879 g/mol. The first-order chi connectivity index (χ1) is 28.6. The highest BCUT2D eigenvalue weighted by atomic mass is 32.2. The van der Waals surface area contributed by atoms with Crippen molar-refractivity contribution in [3.8, 4) is 11.6 Å². The fourth-order valence-corrected chi connectivity index (χ4v) is 8.32. The van der Waals surface area contributed by atoms with Gasteiger partial charge in [0.1, 0.15) is 35.4 Å². The standard InChI is InChI=1S/C38H33F8N9O5S/c1-37(43,44)9-10-60-27-8-7-21-33(48-27)49-35(55(36(21)57)25-6-4-5-20-30(25)53(2)51-34(20)52-61(3,58)59)24(13-17-11-18(39)14-19(40)12-17)47-26(56)16-54-31-28(29(50-54)32(41)42)22-15-23(22)38(31,45)46/h4-8,11-12,14,22-24,32H,9-10,13,15-16H2,1-3H3,(H,47,56)(H,51,52)/t22-,23+,24-/m0/s1. The van der Waals surface area contributed by atoms with Gasteiger partial charge in [0.25, 0.3) is 17.9 Å². The molecule has 14 nitrogen and oxygen atoms in total. The summed E-state index contributed by atoms with van der Waals surface area (Å²) >= 11 is 0. The van der Waals surface area contributed by atoms with Gasteiger partial charge in [-0.1, -0.05) is 6.07 Å². The summed E-state index contributed by atoms with van der Waals surface area (Å²) in [7, 11) is -2.44. The fraction of sp³-hybridized carbons (Fsp3) is 0.368. The minimum atomic E-state index is -3.88. The number of amides is 1. The molecule has 2 aromatic carbocycles. The van der Waals surface area contributed by atoms with Crippen LogP contribution in [0.2, 0.25) is 0 Å². The SMILES string of the molecule is Cn1nc(NS(C)(=O)=O)c2cccc(-n3c([C@H](Cc4cc(F)cc(F)c4)NC(=O)Cn4nc(C(F)F)c5c4C(F)(F)[C@@H]4C[C@H]54)nc4nc(OCCC(C)(F)F)ccc4c3=O)c21. The van der Waals surface area contributed by atoms with Crippen LogP contribution in [0.5, 0.6) is 5.88 Å². The molecule has 8 rings (SSSR count). The lowest BCUT2D eigenvalue weighted by Gasteiger charge is -2.24. The summed E-state index contributed by atoms with van der Waals surface area (Å²) < 4.78 is 150. The normalized spacial score (nSPS) is 17.4. The number of aromatic nitrogens is 7. The van der Waals surface area contributed by atoms with Crippen LogP contribution in [0.3, 0.4) is 0 Å². The Bertz CT molecular complexity index is 2910. The number of benzene rings is 2. The molecule has 0 saturated heterocycles. The molecule has 0 spiro atoms. The minimum Gasteiger partial charge on any atom is -0.477 e. The predicted molar refractivity (Wildman–Crippen MR) is 201 cm³/mol. The third-order valence-electron chi connectivity index (χ3n) is 10.4. The van der Waals surface area contributed by atoms with E-state index in [0.29, 0.717) is 17.7 Å². The number of ether oxygens (including phenoxy) is 1. The number of carbonyl (C=O) groups is 1. The average Bonchev–Trinajstić information content (AvgIpc) is 3.69. The number of alkyl halides is 6. The van der Waals surface area contributed by atoms with Crippen LogP contribution in [0.15, 0.2) is 53.3 Å². The van der Waals surface area contributed by atoms with Gasteiger partial charge in [-0.05, 0) is 55.2 Å². The second-order valence-electron chi connectivity index (χ2n) is 15.1. The quantitative estimate of drug-likeness (QED) is 0.121. The van der Waals surface area contributed by atoms with E-state index < -0.39 is 112 Å². The molecule has 2 aliphatic rings. The van der Waals surface area contributed by atoms with E-state index in [1.54, 1.807) is 0 Å². The van der Waals surface area contributed by atoms with Gasteiger partial charge in [-0.25, -0.2) is 39.7 Å². The number of para-hydroxylation sites is 1. The molecule has 4 heterocycles. The molecule has 0 radical (unpaired) electrons. The lowest BCUT2D eigenvalue weighted by Crippen LogP contribution is -2.38. The molecule has 1 fully saturated rings. The number of anilines is 1. The third kappa shape index (κ3) is 7.97. The number of fused-ring (bicyclic) bond motifs is 5. The third-order valence-corrected chi connectivity index (χ3v) is 10.9. The molecule has 2 aliphatic carbocycles. The van der Waals surface area contributed by atoms with Crippen molar-refractivity contribution in [2.45, 2.75) is 63.0 Å². The topological polar surface area (TPSA) is 168 Å². The van der Waals surface area contributed by atoms with Gasteiger partial charge in [-0.3, -0.25) is 28.2 Å². The average molecular weight is 880 g/mol. The Kier molecular flexibility index (Phi) is 10.1. The smallest absolute Gasteiger partial charge is 0.293 e. The zero-order valence-electron chi connectivity index (χ0n) is 32.1. The Morgan fingerprint density at radius 1 is 1.05 bits per heavy atom. The van der Waals surface area contributed by atoms with Gasteiger partial charge in [-0.2, -0.15) is 24.0 Å². The highest BCUT2D eigenvalue weighted by Gasteiger charge is 2.67. The van der Waals surface area contributed by atoms with Crippen LogP contribution in [0, 0.1) is 17.6 Å². The first-order valence-corrected chi connectivity index (χ1v) is 20.4. The fourth-order valence-electron chi connectivity index (χ4n) is 7.82. The summed E-state index contributed by atoms with van der Waals surface area (Å²) in [6.07, 6.45) is -3.60. The Balaban J connectivity index is 1.30. The molecule has 61 heavy (non-hydrogen) atoms. The van der Waals surface area contributed by atoms with Crippen LogP contribution in [-0.4, -0.2) is 67.2 Å². The maximum Gasteiger partial charge on any atom is 0.293 e. The second-order valence-corrected chi connectivity index (χ2v) is 16.8. The van der Waals surface area contributed by atoms with Crippen molar-refractivity contribution >= 4 is 43.7 Å². The number of rotatable bonds is 14. The summed E-state index contributed by atoms with van der Waals surface area (Å²) in [6.45, 7) is -0.840. The van der Waals surface area contributed by atoms with Gasteiger partial charge in [0.05, 0.1) is 35.5 Å². The van der Waals surface area contributed by atoms with Crippen LogP contribution in [0.25, 0.3) is 27.6 Å². The summed E-state index contributed by atoms with van der Waals surface area (Å²) in [6, 6.07) is 7.66. The van der Waals surface area contributed by atoms with E-state index in [0.717, 1.165) is 23.0 Å². The van der Waals surface area contributed by atoms with Crippen LogP contribution < -0.4 is 20.3 Å². The molecule has 322 valence electrons. The van der Waals surface area contributed by atoms with Gasteiger partial charge in [0.15, 0.2) is 11.5 Å². The Morgan fingerprint density at radius 2 is 1.77 bits per heavy atom. The molecular formula is C38H33F8N9O5S. The van der Waals surface area contributed by atoms with Gasteiger partial charge < -0.3 is 10.1 Å². The molecule has 1 amide bonds. The number of aryl methyl sites for hydroxylation is 1. The summed E-state index contributed by atoms with van der Waals surface area (Å²) in [5, 5.41) is 10.5. The lowest BCUT2D eigenvalue weighted by atomic mass is 10.0. The zero-order valence-corrected chi connectivity index (χ0v) is 32.9. The molecule has 2 N–H and O–H groups in total. The molecule has 0 unspecified atom stereocenters. The molecule has 1 saturated carbocycles. The van der Waals surface area contributed by atoms with Crippen molar-refractivity contribution < 1.29 is 53.1 Å². The van der Waals surface area contributed by atoms with Gasteiger partial charge in [0, 0.05) is 48.9 Å². The van der Waals surface area contributed by atoms with Gasteiger partial charge in [0.2, 0.25) is 27.7 Å². The number of hydrogen-bond donors (Lipinski definition) is 2. The van der Waals surface area contributed by atoms with E-state index in [-0.39, 0.29) is 56.9 Å². The number of sulfonamides is 1. The number of halogens is 8. The zero-order chi connectivity index (χ0) is 43.9. The van der Waals surface area contributed by atoms with Crippen molar-refractivity contribution in [2.24, 2.45) is 13.0 Å². The largest absolute Gasteiger partial charge is 0.477 e. The van der Waals surface area contributed by atoms with Crippen LogP contribution in [0.4, 0.5) is 40.9 Å². The van der Waals surface area contributed by atoms with E-state index in [2.05, 4.69) is 30.2 Å². The van der Waals surface area contributed by atoms with E-state index in [9.17, 15) is 44.3 Å². The number of carbonyl (C=O) groups excluding carboxylic acids is 1. The Morgan fingerprint density at radius 3 is 2.44 bits per heavy atom. The lowest BCUT2D eigenvalue weighted by molar-refractivity contribution is -0.123. The van der Waals surface area contributed by atoms with E-state index in [4.69, 9.17) is 4.74 Å². The minimum absolute atomic E-state index is 0.0102. The molecule has 4 aromatic heterocycles. The maximum atomic E-state index is 15.4. The summed E-state index contributed by atoms with van der Waals surface area (Å²) in [5.41, 5.74) is -3.23. The van der Waals surface area contributed by atoms with Crippen molar-refractivity contribution in [3.05, 3.63) is 98.9 Å². The molecular weight excluding hydrogens is 847 g/mol. The number of nitrogens with one attached hydrogen (secondary N) is 2. The van der Waals surface area contributed by atoms with E-state index in [1.165, 1.54) is 42.1 Å². The maximum absolute atomic E-state index is 15.4. The number of nitrogens with zero attached hydrogens (tertiary/aromatic N) is 7. The molecule has 0 bridgehead atoms. The Labute approximate surface area is 339 Å². The molecule has 3 atom stereocenters. The molecule has 0 aliphatic heterocycles. The van der Waals surface area contributed by atoms with Crippen molar-refractivity contribution in [1.82, 2.24) is 39.4 Å². The molecule has 23 heteroatoms. The van der Waals surface area contributed by atoms with Gasteiger partial charge in [-0.15, -0.1) is 0 Å². The van der Waals surface area contributed by atoms with Crippen molar-refractivity contribution in [2.75, 3.05) is 17.6 Å². The van der Waals surface area contributed by atoms with Crippen molar-refractivity contribution in [3.63, 3.8) is 0 Å². The molecule has 6 aromatic rings. The van der Waals surface area contributed by atoms with Gasteiger partial charge >= 0.3 is 0 Å². The predicted octanol–water partition coefficient (Wildman–Crippen LogP) is 6.18. The van der Waals surface area contributed by atoms with Crippen molar-refractivity contribution in [1.29, 1.82) is 0 Å². The van der Waals surface area contributed by atoms with Crippen LogP contribution in [0.1, 0.15) is 66.5 Å². The van der Waals surface area contributed by atoms with E-state index >= 15 is 8.78 Å². The van der Waals surface area contributed by atoms with Crippen LogP contribution in [-0.2, 0) is 40.8 Å². The highest BCUT2D eigenvalue weighted by molar-refractivity contribution is 7.92. The number of pyridine rings is 1. The van der Waals surface area contributed by atoms with E-state index in [1.807, 2.05) is 0 Å². The summed E-state index contributed by atoms with van der Waals surface area (Å²) in [4.78, 5) is 37.6.